The Balaban J connectivity index is 2.83. The van der Waals surface area contributed by atoms with E-state index >= 15 is 0 Å². The van der Waals surface area contributed by atoms with E-state index in [1.807, 2.05) is 0 Å². The fourth-order valence-corrected chi connectivity index (χ4v) is 0.829. The molecule has 0 aliphatic carbocycles. The standard InChI is InChI=1S/C6H4N4O/c11-5-2-8-6-4(10-5)1-7-3-9-6/h1,3H,2H2. The molecule has 0 aromatic carbocycles. The van der Waals surface area contributed by atoms with Crippen LogP contribution in [0, 0.1) is 0 Å². The summed E-state index contributed by atoms with van der Waals surface area (Å²) in [5, 5.41) is 0.462. The summed E-state index contributed by atoms with van der Waals surface area (Å²) in [5.74, 6) is -0.243. The van der Waals surface area contributed by atoms with Crippen molar-refractivity contribution in [3.8, 4) is 0 Å². The summed E-state index contributed by atoms with van der Waals surface area (Å²) in [4.78, 5) is 25.8. The molecule has 54 valence electrons. The van der Waals surface area contributed by atoms with Gasteiger partial charge >= 0.3 is 0 Å². The van der Waals surface area contributed by atoms with Crippen LogP contribution in [0.25, 0.3) is 0 Å². The fourth-order valence-electron chi connectivity index (χ4n) is 0.829. The maximum atomic E-state index is 10.7. The van der Waals surface area contributed by atoms with Gasteiger partial charge in [0.25, 0.3) is 5.91 Å². The molecule has 0 fully saturated rings. The van der Waals surface area contributed by atoms with Gasteiger partial charge < -0.3 is 0 Å². The SMILES string of the molecule is O=C1CN=c2ncncc2=N1. The summed E-state index contributed by atoms with van der Waals surface area (Å²) >= 11 is 0. The van der Waals surface area contributed by atoms with Crippen molar-refractivity contribution in [1.29, 1.82) is 0 Å². The van der Waals surface area contributed by atoms with E-state index in [2.05, 4.69) is 20.0 Å². The quantitative estimate of drug-likeness (QED) is 0.438. The molecule has 2 heterocycles. The lowest BCUT2D eigenvalue weighted by Crippen LogP contribution is -2.34. The molecule has 1 aromatic rings. The summed E-state index contributed by atoms with van der Waals surface area (Å²) in [6.45, 7) is 0.101. The highest BCUT2D eigenvalue weighted by Crippen LogP contribution is 1.77. The molecule has 1 aliphatic rings. The lowest BCUT2D eigenvalue weighted by Gasteiger charge is -1.94. The summed E-state index contributed by atoms with van der Waals surface area (Å²) in [5.41, 5.74) is 0.500. The first kappa shape index (κ1) is 6.09. The second-order valence-corrected chi connectivity index (χ2v) is 2.05. The molecular weight excluding hydrogens is 144 g/mol. The van der Waals surface area contributed by atoms with Crippen LogP contribution in [0.2, 0.25) is 0 Å². The van der Waals surface area contributed by atoms with Crippen molar-refractivity contribution in [3.63, 3.8) is 0 Å². The Morgan fingerprint density at radius 2 is 2.36 bits per heavy atom. The van der Waals surface area contributed by atoms with Crippen LogP contribution in [0.15, 0.2) is 22.5 Å². The minimum atomic E-state index is -0.243. The van der Waals surface area contributed by atoms with Crippen molar-refractivity contribution in [3.05, 3.63) is 23.4 Å². The minimum Gasteiger partial charge on any atom is -0.270 e. The lowest BCUT2D eigenvalue weighted by atomic mass is 10.5. The number of carbonyl (C=O) groups is 1. The molecule has 0 atom stereocenters. The molecule has 0 saturated heterocycles. The molecule has 5 nitrogen and oxygen atoms in total. The van der Waals surface area contributed by atoms with Crippen LogP contribution < -0.4 is 10.8 Å². The number of amides is 1. The van der Waals surface area contributed by atoms with Gasteiger partial charge in [0.2, 0.25) is 0 Å². The molecule has 5 heteroatoms. The highest BCUT2D eigenvalue weighted by molar-refractivity contribution is 5.79. The van der Waals surface area contributed by atoms with Gasteiger partial charge in [0, 0.05) is 0 Å². The Hall–Kier alpha value is -1.65. The molecule has 0 bridgehead atoms. The van der Waals surface area contributed by atoms with E-state index in [1.165, 1.54) is 12.5 Å². The number of fused-ring (bicyclic) bond motifs is 1. The van der Waals surface area contributed by atoms with Gasteiger partial charge in [0.05, 0.1) is 6.20 Å². The van der Waals surface area contributed by atoms with E-state index in [0.717, 1.165) is 0 Å². The Kier molecular flexibility index (Phi) is 1.21. The van der Waals surface area contributed by atoms with Gasteiger partial charge in [-0.3, -0.25) is 9.79 Å². The molecule has 0 saturated carbocycles. The van der Waals surface area contributed by atoms with Crippen molar-refractivity contribution in [1.82, 2.24) is 9.97 Å². The molecular formula is C6H4N4O. The zero-order valence-corrected chi connectivity index (χ0v) is 5.56. The van der Waals surface area contributed by atoms with E-state index in [1.54, 1.807) is 0 Å². The number of hydrogen-bond acceptors (Lipinski definition) is 4. The van der Waals surface area contributed by atoms with E-state index in [0.29, 0.717) is 10.8 Å². The summed E-state index contributed by atoms with van der Waals surface area (Å²) in [7, 11) is 0. The second kappa shape index (κ2) is 2.19. The molecule has 11 heavy (non-hydrogen) atoms. The molecule has 0 radical (unpaired) electrons. The Morgan fingerprint density at radius 1 is 1.45 bits per heavy atom. The Bertz CT molecular complexity index is 411. The van der Waals surface area contributed by atoms with E-state index < -0.39 is 0 Å². The van der Waals surface area contributed by atoms with Gasteiger partial charge in [-0.05, 0) is 0 Å². The molecule has 0 N–H and O–H groups in total. The van der Waals surface area contributed by atoms with Crippen LogP contribution in [0.1, 0.15) is 0 Å². The van der Waals surface area contributed by atoms with Gasteiger partial charge in [-0.2, -0.15) is 0 Å². The predicted molar refractivity (Wildman–Crippen MR) is 34.2 cm³/mol. The van der Waals surface area contributed by atoms with Crippen LogP contribution >= 0.6 is 0 Å². The van der Waals surface area contributed by atoms with Gasteiger partial charge in [0.15, 0.2) is 5.49 Å². The van der Waals surface area contributed by atoms with Crippen LogP contribution in [-0.4, -0.2) is 22.4 Å². The topological polar surface area (TPSA) is 67.6 Å². The maximum Gasteiger partial charge on any atom is 0.268 e. The van der Waals surface area contributed by atoms with E-state index in [9.17, 15) is 4.79 Å². The summed E-state index contributed by atoms with van der Waals surface area (Å²) in [6, 6.07) is 0. The van der Waals surface area contributed by atoms with Crippen molar-refractivity contribution >= 4 is 5.91 Å². The van der Waals surface area contributed by atoms with Gasteiger partial charge in [-0.25, -0.2) is 15.0 Å². The van der Waals surface area contributed by atoms with Crippen molar-refractivity contribution in [2.45, 2.75) is 0 Å². The van der Waals surface area contributed by atoms with Crippen molar-refractivity contribution < 1.29 is 4.79 Å². The minimum absolute atomic E-state index is 0.101. The van der Waals surface area contributed by atoms with Gasteiger partial charge in [0.1, 0.15) is 18.2 Å². The molecule has 0 unspecified atom stereocenters. The first-order valence-electron chi connectivity index (χ1n) is 3.08. The number of nitrogens with zero attached hydrogens (tertiary/aromatic N) is 4. The van der Waals surface area contributed by atoms with Crippen LogP contribution in [0.3, 0.4) is 0 Å². The highest BCUT2D eigenvalue weighted by atomic mass is 16.1. The van der Waals surface area contributed by atoms with E-state index in [4.69, 9.17) is 0 Å². The van der Waals surface area contributed by atoms with Crippen molar-refractivity contribution in [2.75, 3.05) is 6.54 Å². The third-order valence-corrected chi connectivity index (χ3v) is 1.28. The van der Waals surface area contributed by atoms with Gasteiger partial charge in [-0.15, -0.1) is 0 Å². The molecule has 1 aromatic heterocycles. The smallest absolute Gasteiger partial charge is 0.268 e. The number of aromatic nitrogens is 2. The van der Waals surface area contributed by atoms with Crippen LogP contribution in [0.4, 0.5) is 0 Å². The number of rotatable bonds is 0. The molecule has 1 amide bonds. The van der Waals surface area contributed by atoms with Gasteiger partial charge in [-0.1, -0.05) is 0 Å². The highest BCUT2D eigenvalue weighted by Gasteiger charge is 2.02. The maximum absolute atomic E-state index is 10.7. The first-order valence-corrected chi connectivity index (χ1v) is 3.08. The number of carbonyl (C=O) groups excluding carboxylic acids is 1. The average Bonchev–Trinajstić information content (AvgIpc) is 2.04. The van der Waals surface area contributed by atoms with E-state index in [-0.39, 0.29) is 12.5 Å². The normalized spacial score (nSPS) is 14.7. The largest absolute Gasteiger partial charge is 0.270 e. The van der Waals surface area contributed by atoms with Crippen LogP contribution in [-0.2, 0) is 4.79 Å². The summed E-state index contributed by atoms with van der Waals surface area (Å²) in [6.07, 6.45) is 2.86. The third kappa shape index (κ3) is 1.000. The molecule has 0 spiro atoms. The third-order valence-electron chi connectivity index (χ3n) is 1.28. The Labute approximate surface area is 61.5 Å². The zero-order valence-electron chi connectivity index (χ0n) is 5.56. The average molecular weight is 148 g/mol. The van der Waals surface area contributed by atoms with Crippen molar-refractivity contribution in [2.24, 2.45) is 9.98 Å². The number of hydrogen-bond donors (Lipinski definition) is 0. The summed E-state index contributed by atoms with van der Waals surface area (Å²) < 4.78 is 0. The fraction of sp³-hybridized carbons (Fsp3) is 0.167. The lowest BCUT2D eigenvalue weighted by molar-refractivity contribution is -0.116. The predicted octanol–water partition coefficient (Wildman–Crippen LogP) is -1.74. The Morgan fingerprint density at radius 3 is 3.27 bits per heavy atom. The second-order valence-electron chi connectivity index (χ2n) is 2.05. The molecule has 2 rings (SSSR count). The molecule has 1 aliphatic heterocycles. The monoisotopic (exact) mass is 148 g/mol. The first-order chi connectivity index (χ1) is 5.36. The van der Waals surface area contributed by atoms with Crippen LogP contribution in [0.5, 0.6) is 0 Å². The zero-order chi connectivity index (χ0) is 7.68.